The molecule has 236 valence electrons. The second-order valence-corrected chi connectivity index (χ2v) is 13.1. The van der Waals surface area contributed by atoms with Crippen LogP contribution in [0.2, 0.25) is 0 Å². The summed E-state index contributed by atoms with van der Waals surface area (Å²) in [5.41, 5.74) is 2.60. The van der Waals surface area contributed by atoms with Crippen LogP contribution >= 0.6 is 0 Å². The molecule has 3 fully saturated rings. The Labute approximate surface area is 260 Å². The van der Waals surface area contributed by atoms with Gasteiger partial charge in [-0.15, -0.1) is 0 Å². The van der Waals surface area contributed by atoms with Gasteiger partial charge in [-0.3, -0.25) is 9.69 Å². The third-order valence-electron chi connectivity index (χ3n) is 8.59. The summed E-state index contributed by atoms with van der Waals surface area (Å²) in [6.45, 7) is 8.33. The first kappa shape index (κ1) is 29.4. The molecule has 2 aromatic carbocycles. The third-order valence-corrected chi connectivity index (χ3v) is 8.59. The van der Waals surface area contributed by atoms with Crippen LogP contribution in [-0.4, -0.2) is 71.4 Å². The first-order valence-corrected chi connectivity index (χ1v) is 15.4. The lowest BCUT2D eigenvalue weighted by Gasteiger charge is -2.37. The van der Waals surface area contributed by atoms with E-state index in [4.69, 9.17) is 14.2 Å². The Morgan fingerprint density at radius 2 is 2.04 bits per heavy atom. The van der Waals surface area contributed by atoms with Gasteiger partial charge in [-0.2, -0.15) is 0 Å². The number of benzene rings is 2. The van der Waals surface area contributed by atoms with Gasteiger partial charge in [0.2, 0.25) is 5.95 Å². The van der Waals surface area contributed by atoms with E-state index in [0.29, 0.717) is 55.4 Å². The zero-order chi connectivity index (χ0) is 31.3. The number of anilines is 2. The molecule has 45 heavy (non-hydrogen) atoms. The van der Waals surface area contributed by atoms with Crippen molar-refractivity contribution in [2.75, 3.05) is 38.2 Å². The molecule has 2 atom stereocenters. The van der Waals surface area contributed by atoms with Crippen molar-refractivity contribution in [1.82, 2.24) is 25.5 Å². The number of nitrogens with one attached hydrogen (secondary N) is 3. The van der Waals surface area contributed by atoms with Crippen molar-refractivity contribution in [1.29, 1.82) is 0 Å². The highest BCUT2D eigenvalue weighted by molar-refractivity contribution is 6.01. The SMILES string of the molecule is CC(C)(C)OC(=O)N1CCNCC1c1ccc(OC2CCOC2)c(Nc2ncc(F)c(-c3ccc4c(c3)C(=O)NC43CC3)n2)c1. The van der Waals surface area contributed by atoms with Gasteiger partial charge < -0.3 is 30.2 Å². The van der Waals surface area contributed by atoms with Crippen LogP contribution in [-0.2, 0) is 15.0 Å². The van der Waals surface area contributed by atoms with Crippen molar-refractivity contribution in [2.24, 2.45) is 0 Å². The molecule has 11 nitrogen and oxygen atoms in total. The van der Waals surface area contributed by atoms with Crippen LogP contribution in [0.3, 0.4) is 0 Å². The Kier molecular flexibility index (Phi) is 7.36. The summed E-state index contributed by atoms with van der Waals surface area (Å²) in [4.78, 5) is 36.3. The molecule has 12 heteroatoms. The number of rotatable bonds is 6. The molecule has 0 radical (unpaired) electrons. The summed E-state index contributed by atoms with van der Waals surface area (Å²) >= 11 is 0. The molecular weight excluding hydrogens is 579 g/mol. The van der Waals surface area contributed by atoms with Crippen molar-refractivity contribution < 1.29 is 28.2 Å². The number of hydrogen-bond donors (Lipinski definition) is 3. The fraction of sp³-hybridized carbons (Fsp3) is 0.455. The highest BCUT2D eigenvalue weighted by Gasteiger charge is 2.52. The van der Waals surface area contributed by atoms with E-state index >= 15 is 4.39 Å². The van der Waals surface area contributed by atoms with Gasteiger partial charge in [0, 0.05) is 37.2 Å². The molecule has 0 bridgehead atoms. The molecule has 1 spiro atoms. The van der Waals surface area contributed by atoms with E-state index in [0.717, 1.165) is 36.6 Å². The van der Waals surface area contributed by atoms with Gasteiger partial charge in [-0.25, -0.2) is 19.2 Å². The molecule has 1 aliphatic carbocycles. The predicted molar refractivity (Wildman–Crippen MR) is 164 cm³/mol. The lowest BCUT2D eigenvalue weighted by Crippen LogP contribution is -2.50. The number of carbonyl (C=O) groups is 2. The maximum absolute atomic E-state index is 15.2. The van der Waals surface area contributed by atoms with Crippen molar-refractivity contribution in [3.05, 3.63) is 65.1 Å². The van der Waals surface area contributed by atoms with E-state index in [1.807, 2.05) is 45.0 Å². The molecule has 2 saturated heterocycles. The molecule has 4 aliphatic rings. The van der Waals surface area contributed by atoms with Crippen LogP contribution in [0.1, 0.15) is 67.6 Å². The summed E-state index contributed by atoms with van der Waals surface area (Å²) < 4.78 is 32.7. The van der Waals surface area contributed by atoms with Gasteiger partial charge in [0.15, 0.2) is 5.82 Å². The van der Waals surface area contributed by atoms with E-state index < -0.39 is 11.4 Å². The van der Waals surface area contributed by atoms with Gasteiger partial charge in [-0.1, -0.05) is 18.2 Å². The zero-order valence-corrected chi connectivity index (χ0v) is 25.6. The largest absolute Gasteiger partial charge is 0.486 e. The number of carbonyl (C=O) groups excluding carboxylic acids is 2. The molecule has 3 aromatic rings. The first-order chi connectivity index (χ1) is 21.6. The van der Waals surface area contributed by atoms with E-state index in [9.17, 15) is 9.59 Å². The highest BCUT2D eigenvalue weighted by Crippen LogP contribution is 2.50. The van der Waals surface area contributed by atoms with E-state index in [1.165, 1.54) is 0 Å². The molecule has 3 N–H and O–H groups in total. The predicted octanol–water partition coefficient (Wildman–Crippen LogP) is 4.81. The molecule has 4 heterocycles. The molecular formula is C33H37FN6O5. The third kappa shape index (κ3) is 5.91. The Hall–Kier alpha value is -4.29. The van der Waals surface area contributed by atoms with Crippen molar-refractivity contribution in [3.8, 4) is 17.0 Å². The van der Waals surface area contributed by atoms with E-state index in [-0.39, 0.29) is 41.3 Å². The van der Waals surface area contributed by atoms with Gasteiger partial charge in [0.1, 0.15) is 23.1 Å². The minimum Gasteiger partial charge on any atom is -0.486 e. The Bertz CT molecular complexity index is 1650. The number of nitrogens with zero attached hydrogens (tertiary/aromatic N) is 3. The molecule has 2 amide bonds. The lowest BCUT2D eigenvalue weighted by molar-refractivity contribution is 0.0118. The average molecular weight is 617 g/mol. The summed E-state index contributed by atoms with van der Waals surface area (Å²) in [6, 6.07) is 10.8. The second kappa shape index (κ2) is 11.3. The van der Waals surface area contributed by atoms with Crippen LogP contribution in [0.4, 0.5) is 20.8 Å². The standard InChI is InChI=1S/C33H37FN6O5/c1-32(2,3)45-31(42)40-12-11-35-17-26(40)19-5-7-27(44-21-8-13-43-18-21)25(15-19)37-30-36-16-24(34)28(38-30)20-4-6-23-22(14-20)29(41)39-33(23)9-10-33/h4-7,14-16,21,26,35H,8-13,17-18H2,1-3H3,(H,39,41)(H,36,37,38). The number of fused-ring (bicyclic) bond motifs is 2. The van der Waals surface area contributed by atoms with Crippen LogP contribution < -0.4 is 20.7 Å². The minimum absolute atomic E-state index is 0.0789. The normalized spacial score (nSPS) is 21.8. The molecule has 3 aliphatic heterocycles. The van der Waals surface area contributed by atoms with Gasteiger partial charge >= 0.3 is 6.09 Å². The van der Waals surface area contributed by atoms with E-state index in [1.54, 1.807) is 17.0 Å². The maximum atomic E-state index is 15.2. The Balaban J connectivity index is 1.21. The van der Waals surface area contributed by atoms with Gasteiger partial charge in [-0.05, 0) is 62.9 Å². The lowest BCUT2D eigenvalue weighted by atomic mass is 9.99. The van der Waals surface area contributed by atoms with Crippen LogP contribution in [0.25, 0.3) is 11.3 Å². The fourth-order valence-electron chi connectivity index (χ4n) is 6.20. The minimum atomic E-state index is -0.625. The fourth-order valence-corrected chi connectivity index (χ4v) is 6.20. The highest BCUT2D eigenvalue weighted by atomic mass is 19.1. The average Bonchev–Trinajstić information content (AvgIpc) is 3.49. The monoisotopic (exact) mass is 616 g/mol. The molecule has 2 unspecified atom stereocenters. The van der Waals surface area contributed by atoms with Gasteiger partial charge in [0.25, 0.3) is 5.91 Å². The summed E-state index contributed by atoms with van der Waals surface area (Å²) in [5, 5.41) is 9.67. The number of aromatic nitrogens is 2. The molecule has 1 aromatic heterocycles. The van der Waals surface area contributed by atoms with Crippen molar-refractivity contribution in [3.63, 3.8) is 0 Å². The summed E-state index contributed by atoms with van der Waals surface area (Å²) in [7, 11) is 0. The van der Waals surface area contributed by atoms with Crippen LogP contribution in [0, 0.1) is 5.82 Å². The number of halogens is 1. The smallest absolute Gasteiger partial charge is 0.410 e. The first-order valence-electron chi connectivity index (χ1n) is 15.4. The second-order valence-electron chi connectivity index (χ2n) is 13.1. The van der Waals surface area contributed by atoms with Gasteiger partial charge in [0.05, 0.1) is 36.7 Å². The van der Waals surface area contributed by atoms with Crippen molar-refractivity contribution >= 4 is 23.6 Å². The quantitative estimate of drug-likeness (QED) is 0.358. The number of piperazine rings is 1. The van der Waals surface area contributed by atoms with Crippen molar-refractivity contribution in [2.45, 2.75) is 63.3 Å². The van der Waals surface area contributed by atoms with E-state index in [2.05, 4.69) is 25.9 Å². The summed E-state index contributed by atoms with van der Waals surface area (Å²) in [5.74, 6) is -0.0374. The topological polar surface area (TPSA) is 127 Å². The Morgan fingerprint density at radius 3 is 2.80 bits per heavy atom. The maximum Gasteiger partial charge on any atom is 0.410 e. The number of ether oxygens (including phenoxy) is 3. The number of hydrogen-bond acceptors (Lipinski definition) is 9. The molecule has 7 rings (SSSR count). The zero-order valence-electron chi connectivity index (χ0n) is 25.6. The number of amides is 2. The molecule has 1 saturated carbocycles. The summed E-state index contributed by atoms with van der Waals surface area (Å²) in [6.07, 6.45) is 3.18. The van der Waals surface area contributed by atoms with Crippen LogP contribution in [0.15, 0.2) is 42.6 Å². The Morgan fingerprint density at radius 1 is 1.20 bits per heavy atom. The van der Waals surface area contributed by atoms with Crippen LogP contribution in [0.5, 0.6) is 5.75 Å².